The number of benzene rings is 2. The molecule has 0 saturated heterocycles. The summed E-state index contributed by atoms with van der Waals surface area (Å²) in [7, 11) is 3.48. The lowest BCUT2D eigenvalue weighted by molar-refractivity contribution is -0.142. The lowest BCUT2D eigenvalue weighted by atomic mass is 10.1. The van der Waals surface area contributed by atoms with E-state index < -0.39 is 6.10 Å². The van der Waals surface area contributed by atoms with Crippen molar-refractivity contribution in [2.75, 3.05) is 14.1 Å². The monoisotopic (exact) mass is 269 g/mol. The average molecular weight is 269 g/mol. The molecule has 104 valence electrons. The van der Waals surface area contributed by atoms with Gasteiger partial charge in [0, 0.05) is 14.1 Å². The number of ether oxygens (including phenoxy) is 1. The number of hydrogen-bond acceptors (Lipinski definition) is 2. The third kappa shape index (κ3) is 3.68. The van der Waals surface area contributed by atoms with Crippen molar-refractivity contribution >= 4 is 5.91 Å². The molecule has 0 spiro atoms. The van der Waals surface area contributed by atoms with Crippen molar-refractivity contribution in [1.82, 2.24) is 4.90 Å². The van der Waals surface area contributed by atoms with Gasteiger partial charge in [0.2, 0.25) is 0 Å². The zero-order valence-corrected chi connectivity index (χ0v) is 11.8. The zero-order chi connectivity index (χ0) is 14.4. The molecule has 0 aliphatic carbocycles. The summed E-state index contributed by atoms with van der Waals surface area (Å²) < 4.78 is 5.85. The van der Waals surface area contributed by atoms with Gasteiger partial charge in [0.05, 0.1) is 6.61 Å². The van der Waals surface area contributed by atoms with Crippen LogP contribution in [0.2, 0.25) is 0 Å². The molecule has 2 aromatic carbocycles. The van der Waals surface area contributed by atoms with Crippen molar-refractivity contribution in [3.63, 3.8) is 0 Å². The molecule has 1 unspecified atom stereocenters. The number of likely N-dealkylation sites (N-methyl/N-ethyl adjacent to an activating group) is 1. The zero-order valence-electron chi connectivity index (χ0n) is 11.8. The Morgan fingerprint density at radius 2 is 1.55 bits per heavy atom. The highest BCUT2D eigenvalue weighted by molar-refractivity contribution is 5.81. The molecule has 0 radical (unpaired) electrons. The van der Waals surface area contributed by atoms with Crippen LogP contribution >= 0.6 is 0 Å². The minimum absolute atomic E-state index is 0.0490. The first-order chi connectivity index (χ1) is 9.68. The highest BCUT2D eigenvalue weighted by atomic mass is 16.5. The Labute approximate surface area is 119 Å². The van der Waals surface area contributed by atoms with Crippen LogP contribution in [0.25, 0.3) is 0 Å². The largest absolute Gasteiger partial charge is 0.359 e. The summed E-state index contributed by atoms with van der Waals surface area (Å²) >= 11 is 0. The van der Waals surface area contributed by atoms with Gasteiger partial charge in [0.15, 0.2) is 6.10 Å². The van der Waals surface area contributed by atoms with Crippen molar-refractivity contribution in [3.8, 4) is 0 Å². The molecule has 1 amide bonds. The van der Waals surface area contributed by atoms with E-state index in [0.717, 1.165) is 11.1 Å². The second-order valence-corrected chi connectivity index (χ2v) is 4.82. The van der Waals surface area contributed by atoms with Crippen LogP contribution in [0.5, 0.6) is 0 Å². The number of rotatable bonds is 5. The first kappa shape index (κ1) is 14.3. The summed E-state index contributed by atoms with van der Waals surface area (Å²) in [5, 5.41) is 0. The fourth-order valence-electron chi connectivity index (χ4n) is 1.93. The summed E-state index contributed by atoms with van der Waals surface area (Å²) in [6.45, 7) is 0.417. The Hall–Kier alpha value is -2.13. The molecule has 0 aromatic heterocycles. The van der Waals surface area contributed by atoms with Gasteiger partial charge in [-0.15, -0.1) is 0 Å². The van der Waals surface area contributed by atoms with Gasteiger partial charge in [-0.2, -0.15) is 0 Å². The third-order valence-corrected chi connectivity index (χ3v) is 3.03. The third-order valence-electron chi connectivity index (χ3n) is 3.03. The highest BCUT2D eigenvalue weighted by Gasteiger charge is 2.22. The van der Waals surface area contributed by atoms with E-state index in [4.69, 9.17) is 4.74 Å². The summed E-state index contributed by atoms with van der Waals surface area (Å²) in [6.07, 6.45) is -0.564. The summed E-state index contributed by atoms with van der Waals surface area (Å²) in [6, 6.07) is 19.4. The maximum absolute atomic E-state index is 12.3. The van der Waals surface area contributed by atoms with Gasteiger partial charge in [-0.1, -0.05) is 60.7 Å². The van der Waals surface area contributed by atoms with Crippen LogP contribution in [-0.4, -0.2) is 24.9 Å². The smallest absolute Gasteiger partial charge is 0.255 e. The van der Waals surface area contributed by atoms with Crippen molar-refractivity contribution in [2.45, 2.75) is 12.7 Å². The molecule has 3 heteroatoms. The van der Waals surface area contributed by atoms with Crippen molar-refractivity contribution < 1.29 is 9.53 Å². The second kappa shape index (κ2) is 6.87. The lowest BCUT2D eigenvalue weighted by Gasteiger charge is -2.21. The molecule has 0 fully saturated rings. The average Bonchev–Trinajstić information content (AvgIpc) is 2.49. The topological polar surface area (TPSA) is 29.5 Å². The quantitative estimate of drug-likeness (QED) is 0.835. The predicted molar refractivity (Wildman–Crippen MR) is 79.1 cm³/mol. The molecule has 2 aromatic rings. The minimum atomic E-state index is -0.564. The van der Waals surface area contributed by atoms with Gasteiger partial charge in [-0.25, -0.2) is 0 Å². The van der Waals surface area contributed by atoms with Crippen LogP contribution < -0.4 is 0 Å². The maximum Gasteiger partial charge on any atom is 0.255 e. The van der Waals surface area contributed by atoms with Gasteiger partial charge < -0.3 is 9.64 Å². The normalized spacial score (nSPS) is 11.9. The summed E-state index contributed by atoms with van der Waals surface area (Å²) in [4.78, 5) is 13.8. The summed E-state index contributed by atoms with van der Waals surface area (Å²) in [5.74, 6) is -0.0490. The number of carbonyl (C=O) groups excluding carboxylic acids is 1. The molecule has 0 saturated carbocycles. The van der Waals surface area contributed by atoms with Crippen LogP contribution in [0.3, 0.4) is 0 Å². The predicted octanol–water partition coefficient (Wildman–Crippen LogP) is 3.03. The molecule has 0 aliphatic heterocycles. The Morgan fingerprint density at radius 3 is 2.10 bits per heavy atom. The standard InChI is InChI=1S/C17H19NO2/c1-18(2)17(19)16(15-11-7-4-8-12-15)20-13-14-9-5-3-6-10-14/h3-12,16H,13H2,1-2H3. The number of hydrogen-bond donors (Lipinski definition) is 0. The Balaban J connectivity index is 2.13. The van der Waals surface area contributed by atoms with Gasteiger partial charge in [-0.3, -0.25) is 4.79 Å². The Morgan fingerprint density at radius 1 is 1.00 bits per heavy atom. The molecule has 0 bridgehead atoms. The molecule has 20 heavy (non-hydrogen) atoms. The molecule has 3 nitrogen and oxygen atoms in total. The second-order valence-electron chi connectivity index (χ2n) is 4.82. The fraction of sp³-hybridized carbons (Fsp3) is 0.235. The SMILES string of the molecule is CN(C)C(=O)C(OCc1ccccc1)c1ccccc1. The molecule has 0 heterocycles. The van der Waals surface area contributed by atoms with E-state index in [1.165, 1.54) is 0 Å². The Kier molecular flexibility index (Phi) is 4.91. The van der Waals surface area contributed by atoms with Gasteiger partial charge >= 0.3 is 0 Å². The number of amides is 1. The van der Waals surface area contributed by atoms with Gasteiger partial charge in [0.1, 0.15) is 0 Å². The fourth-order valence-corrected chi connectivity index (χ4v) is 1.93. The molecule has 0 aliphatic rings. The van der Waals surface area contributed by atoms with Gasteiger partial charge in [-0.05, 0) is 11.1 Å². The molecular weight excluding hydrogens is 250 g/mol. The van der Waals surface area contributed by atoms with Crippen molar-refractivity contribution in [3.05, 3.63) is 71.8 Å². The van der Waals surface area contributed by atoms with Crippen LogP contribution in [-0.2, 0) is 16.1 Å². The van der Waals surface area contributed by atoms with Crippen LogP contribution in [0.1, 0.15) is 17.2 Å². The molecule has 0 N–H and O–H groups in total. The van der Waals surface area contributed by atoms with E-state index in [-0.39, 0.29) is 5.91 Å². The van der Waals surface area contributed by atoms with E-state index in [2.05, 4.69) is 0 Å². The van der Waals surface area contributed by atoms with E-state index in [1.54, 1.807) is 19.0 Å². The minimum Gasteiger partial charge on any atom is -0.359 e. The van der Waals surface area contributed by atoms with Crippen LogP contribution in [0.4, 0.5) is 0 Å². The van der Waals surface area contributed by atoms with E-state index >= 15 is 0 Å². The number of carbonyl (C=O) groups is 1. The van der Waals surface area contributed by atoms with E-state index in [1.807, 2.05) is 60.7 Å². The molecular formula is C17H19NO2. The van der Waals surface area contributed by atoms with E-state index in [9.17, 15) is 4.79 Å². The summed E-state index contributed by atoms with van der Waals surface area (Å²) in [5.41, 5.74) is 1.93. The van der Waals surface area contributed by atoms with Gasteiger partial charge in [0.25, 0.3) is 5.91 Å². The van der Waals surface area contributed by atoms with Crippen LogP contribution in [0, 0.1) is 0 Å². The lowest BCUT2D eigenvalue weighted by Crippen LogP contribution is -2.29. The van der Waals surface area contributed by atoms with Crippen molar-refractivity contribution in [2.24, 2.45) is 0 Å². The Bertz CT molecular complexity index is 537. The first-order valence-electron chi connectivity index (χ1n) is 6.60. The first-order valence-corrected chi connectivity index (χ1v) is 6.60. The number of nitrogens with zero attached hydrogens (tertiary/aromatic N) is 1. The highest BCUT2D eigenvalue weighted by Crippen LogP contribution is 2.21. The molecule has 2 rings (SSSR count). The maximum atomic E-state index is 12.3. The molecule has 1 atom stereocenters. The van der Waals surface area contributed by atoms with E-state index in [0.29, 0.717) is 6.61 Å². The van der Waals surface area contributed by atoms with Crippen LogP contribution in [0.15, 0.2) is 60.7 Å². The van der Waals surface area contributed by atoms with Crippen molar-refractivity contribution in [1.29, 1.82) is 0 Å².